The van der Waals surface area contributed by atoms with Gasteiger partial charge in [-0.1, -0.05) is 11.8 Å². The summed E-state index contributed by atoms with van der Waals surface area (Å²) in [6.45, 7) is 4.87. The van der Waals surface area contributed by atoms with E-state index in [1.54, 1.807) is 17.4 Å². The molecule has 4 heteroatoms. The number of carbonyl (C=O) groups is 1. The van der Waals surface area contributed by atoms with E-state index in [1.807, 2.05) is 31.4 Å². The molecule has 0 fully saturated rings. The van der Waals surface area contributed by atoms with Crippen molar-refractivity contribution in [2.45, 2.75) is 20.4 Å². The molecule has 2 rings (SSSR count). The van der Waals surface area contributed by atoms with Crippen molar-refractivity contribution in [3.8, 4) is 11.8 Å². The maximum absolute atomic E-state index is 12.3. The molecule has 0 atom stereocenters. The molecule has 3 nitrogen and oxygen atoms in total. The molecular formula is C17H18N2OS. The highest BCUT2D eigenvalue weighted by molar-refractivity contribution is 7.10. The van der Waals surface area contributed by atoms with Crippen LogP contribution in [0.15, 0.2) is 29.6 Å². The molecule has 0 saturated carbocycles. The number of aryl methyl sites for hydroxylation is 2. The second-order valence-corrected chi connectivity index (χ2v) is 5.80. The molecule has 0 aliphatic rings. The van der Waals surface area contributed by atoms with E-state index in [0.717, 1.165) is 11.1 Å². The Morgan fingerprint density at radius 1 is 1.33 bits per heavy atom. The molecule has 0 bridgehead atoms. The minimum Gasteiger partial charge on any atom is -0.347 e. The van der Waals surface area contributed by atoms with Crippen molar-refractivity contribution in [1.29, 1.82) is 0 Å². The van der Waals surface area contributed by atoms with Gasteiger partial charge < -0.3 is 11.1 Å². The predicted molar refractivity (Wildman–Crippen MR) is 87.3 cm³/mol. The van der Waals surface area contributed by atoms with E-state index in [9.17, 15) is 4.79 Å². The molecule has 0 aliphatic carbocycles. The summed E-state index contributed by atoms with van der Waals surface area (Å²) in [5, 5.41) is 4.98. The first-order chi connectivity index (χ1) is 10.1. The van der Waals surface area contributed by atoms with Gasteiger partial charge in [0, 0.05) is 16.0 Å². The minimum atomic E-state index is -0.0812. The fourth-order valence-corrected chi connectivity index (χ4v) is 2.83. The van der Waals surface area contributed by atoms with Gasteiger partial charge in [0.15, 0.2) is 0 Å². The summed E-state index contributed by atoms with van der Waals surface area (Å²) in [6.07, 6.45) is 0. The first-order valence-corrected chi connectivity index (χ1v) is 7.60. The van der Waals surface area contributed by atoms with Crippen molar-refractivity contribution < 1.29 is 4.79 Å². The molecule has 2 aromatic rings. The minimum absolute atomic E-state index is 0.0812. The Bertz CT molecular complexity index is 707. The molecule has 3 N–H and O–H groups in total. The van der Waals surface area contributed by atoms with Crippen molar-refractivity contribution >= 4 is 17.2 Å². The van der Waals surface area contributed by atoms with E-state index in [4.69, 9.17) is 5.73 Å². The Morgan fingerprint density at radius 3 is 2.81 bits per heavy atom. The van der Waals surface area contributed by atoms with Crippen LogP contribution in [0.4, 0.5) is 0 Å². The van der Waals surface area contributed by atoms with E-state index in [2.05, 4.69) is 23.2 Å². The Kier molecular flexibility index (Phi) is 5.15. The van der Waals surface area contributed by atoms with Crippen molar-refractivity contribution in [1.82, 2.24) is 5.32 Å². The third-order valence-electron chi connectivity index (χ3n) is 3.05. The molecule has 0 aliphatic heterocycles. The Labute approximate surface area is 129 Å². The van der Waals surface area contributed by atoms with Crippen LogP contribution < -0.4 is 11.1 Å². The van der Waals surface area contributed by atoms with Gasteiger partial charge in [0.1, 0.15) is 0 Å². The van der Waals surface area contributed by atoms with Crippen LogP contribution >= 0.6 is 11.3 Å². The van der Waals surface area contributed by atoms with E-state index >= 15 is 0 Å². The topological polar surface area (TPSA) is 55.1 Å². The molecule has 1 heterocycles. The highest BCUT2D eigenvalue weighted by Crippen LogP contribution is 2.15. The molecule has 0 spiro atoms. The molecule has 1 aromatic heterocycles. The maximum atomic E-state index is 12.3. The number of nitrogens with two attached hydrogens (primary N) is 1. The van der Waals surface area contributed by atoms with Gasteiger partial charge >= 0.3 is 0 Å². The average Bonchev–Trinajstić information content (AvgIpc) is 2.87. The van der Waals surface area contributed by atoms with Crippen LogP contribution in [0, 0.1) is 25.7 Å². The largest absolute Gasteiger partial charge is 0.347 e. The van der Waals surface area contributed by atoms with Gasteiger partial charge in [-0.05, 0) is 54.6 Å². The van der Waals surface area contributed by atoms with Gasteiger partial charge in [0.25, 0.3) is 5.91 Å². The van der Waals surface area contributed by atoms with Crippen LogP contribution in [0.25, 0.3) is 0 Å². The van der Waals surface area contributed by atoms with Gasteiger partial charge in [-0.25, -0.2) is 0 Å². The lowest BCUT2D eigenvalue weighted by molar-refractivity contribution is 0.0951. The van der Waals surface area contributed by atoms with Crippen LogP contribution in [0.5, 0.6) is 0 Å². The summed E-state index contributed by atoms with van der Waals surface area (Å²) >= 11 is 1.65. The highest BCUT2D eigenvalue weighted by Gasteiger charge is 2.08. The van der Waals surface area contributed by atoms with Crippen LogP contribution in [0.3, 0.4) is 0 Å². The third-order valence-corrected chi connectivity index (χ3v) is 4.07. The summed E-state index contributed by atoms with van der Waals surface area (Å²) in [6, 6.07) is 7.67. The number of amides is 1. The monoisotopic (exact) mass is 298 g/mol. The zero-order valence-corrected chi connectivity index (χ0v) is 13.0. The van der Waals surface area contributed by atoms with Crippen molar-refractivity contribution in [3.05, 3.63) is 56.8 Å². The lowest BCUT2D eigenvalue weighted by Gasteiger charge is -2.06. The summed E-state index contributed by atoms with van der Waals surface area (Å²) in [7, 11) is 0. The average molecular weight is 298 g/mol. The van der Waals surface area contributed by atoms with Crippen LogP contribution in [-0.2, 0) is 6.54 Å². The first-order valence-electron chi connectivity index (χ1n) is 6.72. The summed E-state index contributed by atoms with van der Waals surface area (Å²) < 4.78 is 0. The van der Waals surface area contributed by atoms with E-state index in [0.29, 0.717) is 18.7 Å². The zero-order valence-electron chi connectivity index (χ0n) is 12.2. The summed E-state index contributed by atoms with van der Waals surface area (Å²) in [5.41, 5.74) is 9.04. The summed E-state index contributed by atoms with van der Waals surface area (Å²) in [4.78, 5) is 13.4. The zero-order chi connectivity index (χ0) is 15.2. The molecule has 0 unspecified atom stereocenters. The van der Waals surface area contributed by atoms with Crippen molar-refractivity contribution in [2.24, 2.45) is 5.73 Å². The fraction of sp³-hybridized carbons (Fsp3) is 0.235. The molecule has 21 heavy (non-hydrogen) atoms. The van der Waals surface area contributed by atoms with Gasteiger partial charge in [0.2, 0.25) is 0 Å². The van der Waals surface area contributed by atoms with Crippen LogP contribution in [0.2, 0.25) is 0 Å². The SMILES string of the molecule is Cc1cc(C#CCN)cc(C(=O)NCc2sccc2C)c1. The lowest BCUT2D eigenvalue weighted by atomic mass is 10.1. The van der Waals surface area contributed by atoms with E-state index in [-0.39, 0.29) is 5.91 Å². The molecule has 1 amide bonds. The Hall–Kier alpha value is -2.09. The van der Waals surface area contributed by atoms with Crippen LogP contribution in [-0.4, -0.2) is 12.5 Å². The van der Waals surface area contributed by atoms with E-state index < -0.39 is 0 Å². The Morgan fingerprint density at radius 2 is 2.14 bits per heavy atom. The summed E-state index contributed by atoms with van der Waals surface area (Å²) in [5.74, 6) is 5.69. The smallest absolute Gasteiger partial charge is 0.251 e. The van der Waals surface area contributed by atoms with E-state index in [1.165, 1.54) is 10.4 Å². The number of hydrogen-bond acceptors (Lipinski definition) is 3. The fourth-order valence-electron chi connectivity index (χ4n) is 1.99. The molecule has 1 aromatic carbocycles. The van der Waals surface area contributed by atoms with Gasteiger partial charge in [-0.2, -0.15) is 0 Å². The lowest BCUT2D eigenvalue weighted by Crippen LogP contribution is -2.22. The second-order valence-electron chi connectivity index (χ2n) is 4.80. The number of rotatable bonds is 3. The van der Waals surface area contributed by atoms with Crippen molar-refractivity contribution in [3.63, 3.8) is 0 Å². The number of benzene rings is 1. The predicted octanol–water partition coefficient (Wildman–Crippen LogP) is 2.61. The number of nitrogens with one attached hydrogen (secondary N) is 1. The first kappa shape index (κ1) is 15.3. The standard InChI is InChI=1S/C17H18N2OS/c1-12-8-14(4-3-6-18)10-15(9-12)17(20)19-11-16-13(2)5-7-21-16/h5,7-10H,6,11,18H2,1-2H3,(H,19,20). The Balaban J connectivity index is 2.11. The van der Waals surface area contributed by atoms with Gasteiger partial charge in [-0.3, -0.25) is 4.79 Å². The maximum Gasteiger partial charge on any atom is 0.251 e. The second kappa shape index (κ2) is 7.07. The normalized spacial score (nSPS) is 9.86. The molecule has 0 saturated heterocycles. The van der Waals surface area contributed by atoms with Crippen LogP contribution in [0.1, 0.15) is 31.9 Å². The highest BCUT2D eigenvalue weighted by atomic mass is 32.1. The van der Waals surface area contributed by atoms with Gasteiger partial charge in [-0.15, -0.1) is 11.3 Å². The molecule has 108 valence electrons. The quantitative estimate of drug-likeness (QED) is 0.856. The molecule has 0 radical (unpaired) electrons. The third kappa shape index (κ3) is 4.19. The number of hydrogen-bond donors (Lipinski definition) is 2. The van der Waals surface area contributed by atoms with Crippen molar-refractivity contribution in [2.75, 3.05) is 6.54 Å². The number of carbonyl (C=O) groups excluding carboxylic acids is 1. The van der Waals surface area contributed by atoms with Gasteiger partial charge in [0.05, 0.1) is 13.1 Å². The molecular weight excluding hydrogens is 280 g/mol. The number of thiophene rings is 1.